The first kappa shape index (κ1) is 12.4. The first-order valence-electron chi connectivity index (χ1n) is 6.36. The Morgan fingerprint density at radius 2 is 2.00 bits per heavy atom. The van der Waals surface area contributed by atoms with Crippen molar-refractivity contribution >= 4 is 21.6 Å². The Bertz CT molecular complexity index is 731. The predicted octanol–water partition coefficient (Wildman–Crippen LogP) is 4.29. The number of thiazole rings is 1. The van der Waals surface area contributed by atoms with Crippen molar-refractivity contribution in [2.75, 3.05) is 0 Å². The number of aromatic amines is 1. The predicted molar refractivity (Wildman–Crippen MR) is 80.6 cm³/mol. The van der Waals surface area contributed by atoms with Crippen molar-refractivity contribution in [2.24, 2.45) is 0 Å². The van der Waals surface area contributed by atoms with Gasteiger partial charge >= 0.3 is 0 Å². The monoisotopic (exact) mass is 271 g/mol. The summed E-state index contributed by atoms with van der Waals surface area (Å²) in [7, 11) is 0. The quantitative estimate of drug-likeness (QED) is 0.717. The first-order valence-corrected chi connectivity index (χ1v) is 7.18. The molecule has 0 atom stereocenters. The summed E-state index contributed by atoms with van der Waals surface area (Å²) in [6, 6.07) is 6.38. The topological polar surface area (TPSA) is 41.6 Å². The lowest BCUT2D eigenvalue weighted by molar-refractivity contribution is 0.553. The molecule has 3 aromatic rings. The molecule has 0 amide bonds. The zero-order valence-electron chi connectivity index (χ0n) is 11.6. The number of aryl methyl sites for hydroxylation is 1. The van der Waals surface area contributed by atoms with E-state index in [0.29, 0.717) is 0 Å². The highest BCUT2D eigenvalue weighted by Gasteiger charge is 2.17. The molecule has 0 fully saturated rings. The van der Waals surface area contributed by atoms with E-state index in [-0.39, 0.29) is 5.41 Å². The van der Waals surface area contributed by atoms with Gasteiger partial charge in [-0.1, -0.05) is 26.8 Å². The molecule has 0 bridgehead atoms. The third-order valence-corrected chi connectivity index (χ3v) is 4.04. The standard InChI is InChI=1S/C15H17N3S/c1-9-17-11-7-10(5-6-13(11)19-9)12-8-16-14(18-12)15(2,3)4/h5-8H,1-4H3,(H,16,18). The number of hydrogen-bond donors (Lipinski definition) is 1. The van der Waals surface area contributed by atoms with Crippen molar-refractivity contribution in [3.63, 3.8) is 0 Å². The first-order chi connectivity index (χ1) is 8.93. The van der Waals surface area contributed by atoms with Gasteiger partial charge in [0.25, 0.3) is 0 Å². The Morgan fingerprint density at radius 1 is 1.21 bits per heavy atom. The third-order valence-electron chi connectivity index (χ3n) is 3.09. The second-order valence-electron chi connectivity index (χ2n) is 5.81. The molecule has 1 N–H and O–H groups in total. The molecule has 0 aliphatic rings. The lowest BCUT2D eigenvalue weighted by atomic mass is 9.96. The van der Waals surface area contributed by atoms with E-state index in [9.17, 15) is 0 Å². The molecule has 0 spiro atoms. The zero-order valence-corrected chi connectivity index (χ0v) is 12.4. The summed E-state index contributed by atoms with van der Waals surface area (Å²) in [4.78, 5) is 12.4. The molecule has 2 aromatic heterocycles. The van der Waals surface area contributed by atoms with Crippen LogP contribution in [0.4, 0.5) is 0 Å². The van der Waals surface area contributed by atoms with Crippen molar-refractivity contribution in [2.45, 2.75) is 33.1 Å². The molecule has 2 heterocycles. The highest BCUT2D eigenvalue weighted by Crippen LogP contribution is 2.28. The fraction of sp³-hybridized carbons (Fsp3) is 0.333. The number of rotatable bonds is 1. The molecule has 0 unspecified atom stereocenters. The van der Waals surface area contributed by atoms with E-state index in [1.54, 1.807) is 11.3 Å². The normalized spacial score (nSPS) is 12.2. The Kier molecular flexibility index (Phi) is 2.71. The summed E-state index contributed by atoms with van der Waals surface area (Å²) in [5, 5.41) is 1.10. The second-order valence-corrected chi connectivity index (χ2v) is 7.05. The molecule has 0 aliphatic heterocycles. The second kappa shape index (κ2) is 4.17. The number of benzene rings is 1. The number of hydrogen-bond acceptors (Lipinski definition) is 3. The van der Waals surface area contributed by atoms with Gasteiger partial charge in [-0.2, -0.15) is 0 Å². The molecule has 0 saturated heterocycles. The number of nitrogens with zero attached hydrogens (tertiary/aromatic N) is 2. The lowest BCUT2D eigenvalue weighted by Crippen LogP contribution is -2.13. The molecule has 3 rings (SSSR count). The van der Waals surface area contributed by atoms with Crippen LogP contribution in [0.3, 0.4) is 0 Å². The van der Waals surface area contributed by atoms with E-state index >= 15 is 0 Å². The molecule has 0 radical (unpaired) electrons. The van der Waals surface area contributed by atoms with Crippen LogP contribution < -0.4 is 0 Å². The van der Waals surface area contributed by atoms with Crippen LogP contribution in [0, 0.1) is 6.92 Å². The molecular weight excluding hydrogens is 254 g/mol. The molecule has 4 heteroatoms. The number of H-pyrrole nitrogens is 1. The van der Waals surface area contributed by atoms with Gasteiger partial charge in [-0.15, -0.1) is 11.3 Å². The Hall–Kier alpha value is -1.68. The molecule has 0 aliphatic carbocycles. The maximum atomic E-state index is 4.54. The minimum absolute atomic E-state index is 0.0412. The number of nitrogens with one attached hydrogen (secondary N) is 1. The Balaban J connectivity index is 2.06. The van der Waals surface area contributed by atoms with Crippen LogP contribution in [-0.2, 0) is 5.41 Å². The summed E-state index contributed by atoms with van der Waals surface area (Å²) < 4.78 is 1.23. The van der Waals surface area contributed by atoms with Crippen molar-refractivity contribution in [1.29, 1.82) is 0 Å². The Morgan fingerprint density at radius 3 is 2.68 bits per heavy atom. The minimum atomic E-state index is 0.0412. The zero-order chi connectivity index (χ0) is 13.6. The van der Waals surface area contributed by atoms with Gasteiger partial charge in [0.2, 0.25) is 0 Å². The van der Waals surface area contributed by atoms with E-state index in [1.165, 1.54) is 4.70 Å². The van der Waals surface area contributed by atoms with Gasteiger partial charge in [-0.3, -0.25) is 0 Å². The largest absolute Gasteiger partial charge is 0.342 e. The van der Waals surface area contributed by atoms with E-state index < -0.39 is 0 Å². The summed E-state index contributed by atoms with van der Waals surface area (Å²) >= 11 is 1.73. The fourth-order valence-electron chi connectivity index (χ4n) is 2.06. The maximum Gasteiger partial charge on any atom is 0.111 e. The molecule has 1 aromatic carbocycles. The van der Waals surface area contributed by atoms with Crippen LogP contribution in [0.1, 0.15) is 31.6 Å². The van der Waals surface area contributed by atoms with Crippen LogP contribution >= 0.6 is 11.3 Å². The highest BCUT2D eigenvalue weighted by molar-refractivity contribution is 7.18. The lowest BCUT2D eigenvalue weighted by Gasteiger charge is -2.14. The molecule has 98 valence electrons. The van der Waals surface area contributed by atoms with Crippen LogP contribution in [-0.4, -0.2) is 15.0 Å². The molecule has 0 saturated carbocycles. The van der Waals surface area contributed by atoms with Gasteiger partial charge in [-0.25, -0.2) is 9.97 Å². The van der Waals surface area contributed by atoms with Crippen LogP contribution in [0.2, 0.25) is 0 Å². The summed E-state index contributed by atoms with van der Waals surface area (Å²) in [5.74, 6) is 1.01. The van der Waals surface area contributed by atoms with Crippen molar-refractivity contribution in [3.8, 4) is 11.3 Å². The van der Waals surface area contributed by atoms with Gasteiger partial charge in [0.05, 0.1) is 27.1 Å². The molecule has 19 heavy (non-hydrogen) atoms. The average molecular weight is 271 g/mol. The van der Waals surface area contributed by atoms with Crippen LogP contribution in [0.5, 0.6) is 0 Å². The van der Waals surface area contributed by atoms with E-state index in [1.807, 2.05) is 13.1 Å². The number of imidazole rings is 1. The van der Waals surface area contributed by atoms with Gasteiger partial charge in [0.15, 0.2) is 0 Å². The SMILES string of the molecule is Cc1nc2cc(-c3cnc(C(C)(C)C)[nH]3)ccc2s1. The van der Waals surface area contributed by atoms with Gasteiger partial charge in [0, 0.05) is 11.0 Å². The summed E-state index contributed by atoms with van der Waals surface area (Å²) in [6.07, 6.45) is 1.90. The molecule has 3 nitrogen and oxygen atoms in total. The Labute approximate surface area is 116 Å². The van der Waals surface area contributed by atoms with E-state index in [4.69, 9.17) is 0 Å². The average Bonchev–Trinajstić information content (AvgIpc) is 2.90. The van der Waals surface area contributed by atoms with Gasteiger partial charge in [0.1, 0.15) is 5.82 Å². The van der Waals surface area contributed by atoms with E-state index in [2.05, 4.69) is 53.9 Å². The van der Waals surface area contributed by atoms with Crippen LogP contribution in [0.25, 0.3) is 21.5 Å². The smallest absolute Gasteiger partial charge is 0.111 e. The van der Waals surface area contributed by atoms with Crippen LogP contribution in [0.15, 0.2) is 24.4 Å². The van der Waals surface area contributed by atoms with Crippen molar-refractivity contribution in [1.82, 2.24) is 15.0 Å². The van der Waals surface area contributed by atoms with Crippen molar-refractivity contribution < 1.29 is 0 Å². The third kappa shape index (κ3) is 2.28. The van der Waals surface area contributed by atoms with E-state index in [0.717, 1.165) is 27.6 Å². The number of fused-ring (bicyclic) bond motifs is 1. The van der Waals surface area contributed by atoms with Gasteiger partial charge < -0.3 is 4.98 Å². The fourth-order valence-corrected chi connectivity index (χ4v) is 2.87. The minimum Gasteiger partial charge on any atom is -0.342 e. The van der Waals surface area contributed by atoms with Crippen molar-refractivity contribution in [3.05, 3.63) is 35.2 Å². The summed E-state index contributed by atoms with van der Waals surface area (Å²) in [6.45, 7) is 8.51. The highest BCUT2D eigenvalue weighted by atomic mass is 32.1. The van der Waals surface area contributed by atoms with Gasteiger partial charge in [-0.05, 0) is 19.1 Å². The number of aromatic nitrogens is 3. The molecular formula is C15H17N3S. The maximum absolute atomic E-state index is 4.54. The summed E-state index contributed by atoms with van der Waals surface area (Å²) in [5.41, 5.74) is 3.30.